The molecule has 1 fully saturated rings. The SMILES string of the molecule is [B]C(=O)N1C[C@H](O)C[C@H]1C(=O)O. The molecule has 2 N–H and O–H groups in total. The number of rotatable bonds is 1. The average Bonchev–Trinajstić information content (AvgIpc) is 2.31. The van der Waals surface area contributed by atoms with E-state index in [4.69, 9.17) is 18.1 Å². The van der Waals surface area contributed by atoms with Crippen molar-refractivity contribution in [3.8, 4) is 0 Å². The number of likely N-dealkylation sites (tertiary alicyclic amines) is 1. The molecule has 0 bridgehead atoms. The van der Waals surface area contributed by atoms with Crippen LogP contribution in [0.5, 0.6) is 0 Å². The molecule has 0 aromatic heterocycles. The van der Waals surface area contributed by atoms with Crippen LogP contribution in [0.2, 0.25) is 0 Å². The summed E-state index contributed by atoms with van der Waals surface area (Å²) < 4.78 is 0. The van der Waals surface area contributed by atoms with Crippen LogP contribution in [-0.2, 0) is 4.79 Å². The van der Waals surface area contributed by atoms with Gasteiger partial charge >= 0.3 is 5.97 Å². The van der Waals surface area contributed by atoms with E-state index in [2.05, 4.69) is 0 Å². The van der Waals surface area contributed by atoms with E-state index in [-0.39, 0.29) is 13.0 Å². The van der Waals surface area contributed by atoms with E-state index in [0.29, 0.717) is 0 Å². The van der Waals surface area contributed by atoms with Crippen LogP contribution >= 0.6 is 0 Å². The number of hydrogen-bond donors (Lipinski definition) is 2. The van der Waals surface area contributed by atoms with Gasteiger partial charge in [0.2, 0.25) is 7.85 Å². The first-order valence-electron chi connectivity index (χ1n) is 3.49. The van der Waals surface area contributed by atoms with Gasteiger partial charge in [-0.2, -0.15) is 0 Å². The molecule has 1 heterocycles. The van der Waals surface area contributed by atoms with E-state index in [1.807, 2.05) is 0 Å². The second-order valence-electron chi connectivity index (χ2n) is 2.73. The molecule has 1 rings (SSSR count). The molecule has 2 radical (unpaired) electrons. The summed E-state index contributed by atoms with van der Waals surface area (Å²) in [5.41, 5.74) is 0. The molecular weight excluding hydrogens is 161 g/mol. The van der Waals surface area contributed by atoms with Gasteiger partial charge in [0.05, 0.1) is 6.10 Å². The molecule has 6 heteroatoms. The molecular formula is C6H8BNO4. The van der Waals surface area contributed by atoms with Crippen LogP contribution < -0.4 is 0 Å². The largest absolute Gasteiger partial charge is 0.480 e. The van der Waals surface area contributed by atoms with E-state index in [1.165, 1.54) is 0 Å². The number of carboxylic acid groups (broad SMARTS) is 1. The third-order valence-corrected chi connectivity index (χ3v) is 1.85. The van der Waals surface area contributed by atoms with Crippen LogP contribution in [0.4, 0.5) is 4.79 Å². The number of aliphatic hydroxyl groups is 1. The van der Waals surface area contributed by atoms with Gasteiger partial charge in [0.15, 0.2) is 5.81 Å². The first-order valence-corrected chi connectivity index (χ1v) is 3.49. The lowest BCUT2D eigenvalue weighted by Gasteiger charge is -2.19. The second-order valence-corrected chi connectivity index (χ2v) is 2.73. The minimum absolute atomic E-state index is 0.00625. The minimum Gasteiger partial charge on any atom is -0.480 e. The molecule has 1 amide bonds. The van der Waals surface area contributed by atoms with Crippen LogP contribution in [0, 0.1) is 0 Å². The van der Waals surface area contributed by atoms with Gasteiger partial charge in [-0.15, -0.1) is 0 Å². The standard InChI is InChI=1S/C6H8BNO4/c7-6(12)8-2-3(9)1-4(8)5(10)11/h3-4,9H,1-2H2,(H,10,11)/t3-,4+/m1/s1. The zero-order valence-electron chi connectivity index (χ0n) is 6.30. The molecule has 0 saturated carbocycles. The van der Waals surface area contributed by atoms with Crippen molar-refractivity contribution in [2.24, 2.45) is 0 Å². The van der Waals surface area contributed by atoms with E-state index in [9.17, 15) is 9.59 Å². The number of carbonyl (C=O) groups excluding carboxylic acids is 1. The predicted molar refractivity (Wildman–Crippen MR) is 39.9 cm³/mol. The Morgan fingerprint density at radius 1 is 1.50 bits per heavy atom. The molecule has 5 nitrogen and oxygen atoms in total. The van der Waals surface area contributed by atoms with Crippen molar-refractivity contribution in [1.82, 2.24) is 4.90 Å². The monoisotopic (exact) mass is 169 g/mol. The predicted octanol–water partition coefficient (Wildman–Crippen LogP) is -1.21. The fourth-order valence-electron chi connectivity index (χ4n) is 1.29. The fourth-order valence-corrected chi connectivity index (χ4v) is 1.29. The van der Waals surface area contributed by atoms with Crippen LogP contribution in [0.15, 0.2) is 0 Å². The summed E-state index contributed by atoms with van der Waals surface area (Å²) >= 11 is 0. The quantitative estimate of drug-likeness (QED) is 0.483. The van der Waals surface area contributed by atoms with Crippen LogP contribution in [0.3, 0.4) is 0 Å². The molecule has 64 valence electrons. The second kappa shape index (κ2) is 3.14. The smallest absolute Gasteiger partial charge is 0.326 e. The van der Waals surface area contributed by atoms with Gasteiger partial charge in [0, 0.05) is 13.0 Å². The Kier molecular flexibility index (Phi) is 2.37. The molecule has 0 aromatic carbocycles. The Hall–Kier alpha value is -1.04. The first-order chi connectivity index (χ1) is 5.52. The third-order valence-electron chi connectivity index (χ3n) is 1.85. The van der Waals surface area contributed by atoms with Crippen molar-refractivity contribution >= 4 is 19.6 Å². The Bertz CT molecular complexity index is 198. The molecule has 2 atom stereocenters. The lowest BCUT2D eigenvalue weighted by atomic mass is 10.1. The van der Waals surface area contributed by atoms with E-state index >= 15 is 0 Å². The van der Waals surface area contributed by atoms with Gasteiger partial charge < -0.3 is 15.1 Å². The number of carboxylic acids is 1. The molecule has 12 heavy (non-hydrogen) atoms. The average molecular weight is 169 g/mol. The molecule has 0 aromatic rings. The summed E-state index contributed by atoms with van der Waals surface area (Å²) in [4.78, 5) is 22.1. The molecule has 0 spiro atoms. The summed E-state index contributed by atoms with van der Waals surface area (Å²) in [7, 11) is 4.90. The normalized spacial score (nSPS) is 28.9. The summed E-state index contributed by atoms with van der Waals surface area (Å²) in [6, 6.07) is -0.975. The van der Waals surface area contributed by atoms with Gasteiger partial charge in [0.1, 0.15) is 6.04 Å². The van der Waals surface area contributed by atoms with Crippen molar-refractivity contribution < 1.29 is 19.8 Å². The third kappa shape index (κ3) is 1.58. The molecule has 0 aliphatic carbocycles. The van der Waals surface area contributed by atoms with E-state index in [0.717, 1.165) is 4.90 Å². The zero-order valence-corrected chi connectivity index (χ0v) is 6.30. The molecule has 0 unspecified atom stereocenters. The highest BCUT2D eigenvalue weighted by Gasteiger charge is 2.36. The Balaban J connectivity index is 2.72. The highest BCUT2D eigenvalue weighted by atomic mass is 16.4. The molecule has 1 saturated heterocycles. The van der Waals surface area contributed by atoms with E-state index in [1.54, 1.807) is 0 Å². The lowest BCUT2D eigenvalue weighted by Crippen LogP contribution is -2.39. The van der Waals surface area contributed by atoms with Crippen molar-refractivity contribution in [3.63, 3.8) is 0 Å². The first kappa shape index (κ1) is 9.06. The summed E-state index contributed by atoms with van der Waals surface area (Å²) in [6.45, 7) is 0.00625. The van der Waals surface area contributed by atoms with Crippen LogP contribution in [0.1, 0.15) is 6.42 Å². The Morgan fingerprint density at radius 2 is 2.08 bits per heavy atom. The number of aliphatic carboxylic acids is 1. The maximum atomic E-state index is 10.6. The topological polar surface area (TPSA) is 77.8 Å². The van der Waals surface area contributed by atoms with Crippen molar-refractivity contribution in [2.45, 2.75) is 18.6 Å². The van der Waals surface area contributed by atoms with Gasteiger partial charge in [-0.25, -0.2) is 4.79 Å². The number of hydrogen-bond acceptors (Lipinski definition) is 3. The van der Waals surface area contributed by atoms with Crippen molar-refractivity contribution in [1.29, 1.82) is 0 Å². The number of amides is 1. The highest BCUT2D eigenvalue weighted by Crippen LogP contribution is 2.17. The minimum atomic E-state index is -1.13. The summed E-state index contributed by atoms with van der Waals surface area (Å²) in [6.07, 6.45) is -0.725. The molecule has 1 aliphatic rings. The summed E-state index contributed by atoms with van der Waals surface area (Å²) in [5.74, 6) is -1.94. The number of nitrogens with zero attached hydrogens (tertiary/aromatic N) is 1. The Labute approximate surface area is 70.4 Å². The number of carbonyl (C=O) groups is 2. The van der Waals surface area contributed by atoms with Gasteiger partial charge in [-0.05, 0) is 0 Å². The Morgan fingerprint density at radius 3 is 2.42 bits per heavy atom. The van der Waals surface area contributed by atoms with Crippen molar-refractivity contribution in [2.75, 3.05) is 6.54 Å². The van der Waals surface area contributed by atoms with Crippen molar-refractivity contribution in [3.05, 3.63) is 0 Å². The fraction of sp³-hybridized carbons (Fsp3) is 0.667. The van der Waals surface area contributed by atoms with Gasteiger partial charge in [-0.3, -0.25) is 4.79 Å². The lowest BCUT2D eigenvalue weighted by molar-refractivity contribution is -0.141. The highest BCUT2D eigenvalue weighted by molar-refractivity contribution is 6.57. The maximum absolute atomic E-state index is 10.6. The van der Waals surface area contributed by atoms with Gasteiger partial charge in [0.25, 0.3) is 0 Å². The van der Waals surface area contributed by atoms with Gasteiger partial charge in [-0.1, -0.05) is 0 Å². The summed E-state index contributed by atoms with van der Waals surface area (Å²) in [5, 5.41) is 17.6. The number of β-amino-alcohol motifs (C(OH)–C–C–N with tert-alkyl or cyclic N) is 1. The molecule has 1 aliphatic heterocycles. The van der Waals surface area contributed by atoms with Crippen LogP contribution in [0.25, 0.3) is 0 Å². The van der Waals surface area contributed by atoms with Crippen LogP contribution in [-0.4, -0.2) is 53.4 Å². The zero-order chi connectivity index (χ0) is 9.30. The maximum Gasteiger partial charge on any atom is 0.326 e. The van der Waals surface area contributed by atoms with E-state index < -0.39 is 23.9 Å². The number of aliphatic hydroxyl groups excluding tert-OH is 1.